The molecule has 2 aromatic heterocycles. The number of nitrogens with one attached hydrogen (secondary N) is 1. The minimum absolute atomic E-state index is 0.289. The normalized spacial score (nSPS) is 22.0. The van der Waals surface area contributed by atoms with Crippen molar-refractivity contribution >= 4 is 16.9 Å². The standard InChI is InChI=1S/C21H29N5O/c1-15-5-6-18-17-7-8-24(13-19(17)23-21(18)22-15)14-20(27)26-11-9-25(10-12-26)16-3-2-4-16/h5-6,16H,2-4,7-14H2,1H3,(H,22,23). The lowest BCUT2D eigenvalue weighted by atomic mass is 9.91. The molecular weight excluding hydrogens is 338 g/mol. The summed E-state index contributed by atoms with van der Waals surface area (Å²) in [6.07, 6.45) is 5.07. The maximum Gasteiger partial charge on any atom is 0.236 e. The third-order valence-corrected chi connectivity index (χ3v) is 6.67. The van der Waals surface area contributed by atoms with E-state index < -0.39 is 0 Å². The number of piperazine rings is 1. The summed E-state index contributed by atoms with van der Waals surface area (Å²) in [6, 6.07) is 5.05. The van der Waals surface area contributed by atoms with Gasteiger partial charge < -0.3 is 9.88 Å². The Morgan fingerprint density at radius 2 is 2.00 bits per heavy atom. The number of H-pyrrole nitrogens is 1. The predicted octanol–water partition coefficient (Wildman–Crippen LogP) is 1.93. The molecule has 1 saturated carbocycles. The number of aryl methyl sites for hydroxylation is 1. The van der Waals surface area contributed by atoms with Crippen LogP contribution >= 0.6 is 0 Å². The van der Waals surface area contributed by atoms with Crippen LogP contribution in [0, 0.1) is 6.92 Å². The maximum absolute atomic E-state index is 12.8. The molecule has 5 rings (SSSR count). The van der Waals surface area contributed by atoms with E-state index in [1.165, 1.54) is 35.9 Å². The molecule has 144 valence electrons. The van der Waals surface area contributed by atoms with Crippen molar-refractivity contribution in [2.24, 2.45) is 0 Å². The van der Waals surface area contributed by atoms with Gasteiger partial charge in [0.15, 0.2) is 0 Å². The van der Waals surface area contributed by atoms with Gasteiger partial charge >= 0.3 is 0 Å². The van der Waals surface area contributed by atoms with Crippen LogP contribution < -0.4 is 0 Å². The molecule has 2 fully saturated rings. The molecule has 4 heterocycles. The molecule has 2 aromatic rings. The first-order valence-corrected chi connectivity index (χ1v) is 10.4. The van der Waals surface area contributed by atoms with Crippen molar-refractivity contribution in [1.29, 1.82) is 0 Å². The Morgan fingerprint density at radius 3 is 2.74 bits per heavy atom. The number of carbonyl (C=O) groups is 1. The highest BCUT2D eigenvalue weighted by Crippen LogP contribution is 2.27. The topological polar surface area (TPSA) is 55.5 Å². The highest BCUT2D eigenvalue weighted by Gasteiger charge is 2.30. The largest absolute Gasteiger partial charge is 0.342 e. The van der Waals surface area contributed by atoms with Gasteiger partial charge in [0.25, 0.3) is 0 Å². The Kier molecular flexibility index (Phi) is 4.40. The molecule has 27 heavy (non-hydrogen) atoms. The van der Waals surface area contributed by atoms with Gasteiger partial charge in [-0.15, -0.1) is 0 Å². The Balaban J connectivity index is 1.20. The lowest BCUT2D eigenvalue weighted by Crippen LogP contribution is -2.55. The second kappa shape index (κ2) is 6.91. The van der Waals surface area contributed by atoms with Gasteiger partial charge in [-0.05, 0) is 43.9 Å². The number of amides is 1. The summed E-state index contributed by atoms with van der Waals surface area (Å²) >= 11 is 0. The number of aromatic amines is 1. The summed E-state index contributed by atoms with van der Waals surface area (Å²) in [5, 5.41) is 1.24. The van der Waals surface area contributed by atoms with E-state index in [2.05, 4.69) is 36.8 Å². The Hall–Kier alpha value is -1.92. The van der Waals surface area contributed by atoms with Crippen molar-refractivity contribution in [1.82, 2.24) is 24.7 Å². The van der Waals surface area contributed by atoms with Crippen LogP contribution in [-0.2, 0) is 17.8 Å². The Bertz CT molecular complexity index is 848. The van der Waals surface area contributed by atoms with E-state index in [4.69, 9.17) is 0 Å². The van der Waals surface area contributed by atoms with Gasteiger partial charge in [0, 0.05) is 62.1 Å². The number of fused-ring (bicyclic) bond motifs is 3. The van der Waals surface area contributed by atoms with Crippen LogP contribution in [0.15, 0.2) is 12.1 Å². The predicted molar refractivity (Wildman–Crippen MR) is 106 cm³/mol. The lowest BCUT2D eigenvalue weighted by molar-refractivity contribution is -0.135. The van der Waals surface area contributed by atoms with Crippen molar-refractivity contribution in [2.75, 3.05) is 39.3 Å². The molecule has 3 aliphatic rings. The Labute approximate surface area is 160 Å². The molecule has 1 saturated heterocycles. The fourth-order valence-electron chi connectivity index (χ4n) is 4.78. The second-order valence-corrected chi connectivity index (χ2v) is 8.39. The molecule has 6 nitrogen and oxygen atoms in total. The summed E-state index contributed by atoms with van der Waals surface area (Å²) in [5.41, 5.74) is 4.64. The third kappa shape index (κ3) is 3.25. The van der Waals surface area contributed by atoms with Gasteiger partial charge in [0.05, 0.1) is 6.54 Å². The van der Waals surface area contributed by atoms with Crippen molar-refractivity contribution in [3.05, 3.63) is 29.1 Å². The SMILES string of the molecule is Cc1ccc2c3c([nH]c2n1)CN(CC(=O)N1CCN(C2CCC2)CC1)CC3. The van der Waals surface area contributed by atoms with Crippen LogP contribution in [0.3, 0.4) is 0 Å². The number of nitrogens with zero attached hydrogens (tertiary/aromatic N) is 4. The highest BCUT2D eigenvalue weighted by atomic mass is 16.2. The molecule has 6 heteroatoms. The number of hydrogen-bond donors (Lipinski definition) is 1. The molecule has 0 radical (unpaired) electrons. The molecule has 1 amide bonds. The summed E-state index contributed by atoms with van der Waals surface area (Å²) in [5.74, 6) is 0.289. The zero-order chi connectivity index (χ0) is 18.4. The van der Waals surface area contributed by atoms with Gasteiger partial charge in [-0.1, -0.05) is 6.42 Å². The molecule has 0 spiro atoms. The number of pyridine rings is 1. The van der Waals surface area contributed by atoms with Gasteiger partial charge in [0.2, 0.25) is 5.91 Å². The minimum Gasteiger partial charge on any atom is -0.342 e. The van der Waals surface area contributed by atoms with Crippen molar-refractivity contribution in [3.63, 3.8) is 0 Å². The van der Waals surface area contributed by atoms with E-state index in [1.807, 2.05) is 6.92 Å². The quantitative estimate of drug-likeness (QED) is 0.901. The van der Waals surface area contributed by atoms with Crippen LogP contribution in [0.1, 0.15) is 36.2 Å². The van der Waals surface area contributed by atoms with Crippen molar-refractivity contribution in [3.8, 4) is 0 Å². The van der Waals surface area contributed by atoms with Gasteiger partial charge in [0.1, 0.15) is 5.65 Å². The van der Waals surface area contributed by atoms with E-state index in [9.17, 15) is 4.79 Å². The molecule has 2 aliphatic heterocycles. The zero-order valence-corrected chi connectivity index (χ0v) is 16.2. The first-order chi connectivity index (χ1) is 13.2. The maximum atomic E-state index is 12.8. The zero-order valence-electron chi connectivity index (χ0n) is 16.2. The molecule has 1 aliphatic carbocycles. The fraction of sp³-hybridized carbons (Fsp3) is 0.619. The van der Waals surface area contributed by atoms with Gasteiger partial charge in [-0.25, -0.2) is 4.98 Å². The monoisotopic (exact) mass is 367 g/mol. The minimum atomic E-state index is 0.289. The van der Waals surface area contributed by atoms with Gasteiger partial charge in [-0.2, -0.15) is 0 Å². The molecule has 0 aromatic carbocycles. The van der Waals surface area contributed by atoms with Crippen LogP contribution in [0.5, 0.6) is 0 Å². The summed E-state index contributed by atoms with van der Waals surface area (Å²) < 4.78 is 0. The first kappa shape index (κ1) is 17.2. The summed E-state index contributed by atoms with van der Waals surface area (Å²) in [4.78, 5) is 27.8. The molecule has 0 unspecified atom stereocenters. The summed E-state index contributed by atoms with van der Waals surface area (Å²) in [6.45, 7) is 8.20. The second-order valence-electron chi connectivity index (χ2n) is 8.39. The molecule has 0 bridgehead atoms. The number of hydrogen-bond acceptors (Lipinski definition) is 4. The van der Waals surface area contributed by atoms with Gasteiger partial charge in [-0.3, -0.25) is 14.6 Å². The van der Waals surface area contributed by atoms with Crippen LogP contribution in [0.4, 0.5) is 0 Å². The van der Waals surface area contributed by atoms with Crippen LogP contribution in [-0.4, -0.2) is 75.9 Å². The average molecular weight is 367 g/mol. The average Bonchev–Trinajstić information content (AvgIpc) is 2.97. The molecule has 1 N–H and O–H groups in total. The van der Waals surface area contributed by atoms with Crippen LogP contribution in [0.25, 0.3) is 11.0 Å². The van der Waals surface area contributed by atoms with Crippen molar-refractivity contribution in [2.45, 2.75) is 45.2 Å². The van der Waals surface area contributed by atoms with E-state index in [0.29, 0.717) is 6.54 Å². The molecular formula is C21H29N5O. The number of aromatic nitrogens is 2. The molecule has 0 atom stereocenters. The number of carbonyl (C=O) groups excluding carboxylic acids is 1. The van der Waals surface area contributed by atoms with E-state index in [-0.39, 0.29) is 5.91 Å². The summed E-state index contributed by atoms with van der Waals surface area (Å²) in [7, 11) is 0. The Morgan fingerprint density at radius 1 is 1.19 bits per heavy atom. The van der Waals surface area contributed by atoms with E-state index >= 15 is 0 Å². The first-order valence-electron chi connectivity index (χ1n) is 10.4. The fourth-order valence-corrected chi connectivity index (χ4v) is 4.78. The third-order valence-electron chi connectivity index (χ3n) is 6.67. The lowest BCUT2D eigenvalue weighted by Gasteiger charge is -2.43. The highest BCUT2D eigenvalue weighted by molar-refractivity contribution is 5.82. The number of rotatable bonds is 3. The smallest absolute Gasteiger partial charge is 0.236 e. The van der Waals surface area contributed by atoms with Crippen LogP contribution in [0.2, 0.25) is 0 Å². The van der Waals surface area contributed by atoms with Crippen molar-refractivity contribution < 1.29 is 4.79 Å². The van der Waals surface area contributed by atoms with E-state index in [1.54, 1.807) is 0 Å². The van der Waals surface area contributed by atoms with E-state index in [0.717, 1.165) is 63.1 Å².